The summed E-state index contributed by atoms with van der Waals surface area (Å²) < 4.78 is 0.924. The standard InChI is InChI=1S/C20H20ClN5O2S/c1-12-7-13(2)9-16(8-12)23-18(27)11-29-20-25-24-17(19(28)26(20)22)10-14-3-5-15(21)6-4-14/h3-9H,10-11,22H2,1-2H3,(H,23,27). The Morgan fingerprint density at radius 2 is 1.79 bits per heavy atom. The first kappa shape index (κ1) is 20.9. The van der Waals surface area contributed by atoms with Crippen molar-refractivity contribution in [3.8, 4) is 0 Å². The van der Waals surface area contributed by atoms with Gasteiger partial charge in [-0.3, -0.25) is 9.59 Å². The minimum absolute atomic E-state index is 0.0504. The van der Waals surface area contributed by atoms with Gasteiger partial charge in [0, 0.05) is 17.1 Å². The van der Waals surface area contributed by atoms with Gasteiger partial charge < -0.3 is 11.2 Å². The number of carbonyl (C=O) groups excluding carboxylic acids is 1. The van der Waals surface area contributed by atoms with Crippen molar-refractivity contribution in [3.05, 3.63) is 80.2 Å². The van der Waals surface area contributed by atoms with Gasteiger partial charge in [-0.15, -0.1) is 10.2 Å². The molecule has 0 aliphatic rings. The molecule has 0 fully saturated rings. The second-order valence-corrected chi connectivity index (χ2v) is 8.00. The van der Waals surface area contributed by atoms with Crippen LogP contribution >= 0.6 is 23.4 Å². The largest absolute Gasteiger partial charge is 0.334 e. The van der Waals surface area contributed by atoms with Crippen LogP contribution in [0.15, 0.2) is 52.4 Å². The lowest BCUT2D eigenvalue weighted by Gasteiger charge is -2.09. The first-order valence-corrected chi connectivity index (χ1v) is 10.2. The highest BCUT2D eigenvalue weighted by molar-refractivity contribution is 7.99. The zero-order valence-electron chi connectivity index (χ0n) is 16.0. The monoisotopic (exact) mass is 429 g/mol. The Hall–Kier alpha value is -2.84. The van der Waals surface area contributed by atoms with Gasteiger partial charge in [0.25, 0.3) is 5.56 Å². The van der Waals surface area contributed by atoms with Crippen molar-refractivity contribution in [1.29, 1.82) is 0 Å². The van der Waals surface area contributed by atoms with Crippen molar-refractivity contribution in [2.75, 3.05) is 16.9 Å². The highest BCUT2D eigenvalue weighted by atomic mass is 35.5. The maximum absolute atomic E-state index is 12.5. The lowest BCUT2D eigenvalue weighted by Crippen LogP contribution is -2.34. The number of aryl methyl sites for hydroxylation is 2. The van der Waals surface area contributed by atoms with E-state index in [1.807, 2.05) is 44.2 Å². The number of rotatable bonds is 6. The van der Waals surface area contributed by atoms with Gasteiger partial charge in [-0.25, -0.2) is 0 Å². The number of thioether (sulfide) groups is 1. The molecule has 3 N–H and O–H groups in total. The number of benzene rings is 2. The summed E-state index contributed by atoms with van der Waals surface area (Å²) in [4.78, 5) is 24.7. The van der Waals surface area contributed by atoms with E-state index in [1.54, 1.807) is 12.1 Å². The van der Waals surface area contributed by atoms with Crippen LogP contribution in [0.5, 0.6) is 0 Å². The maximum Gasteiger partial charge on any atom is 0.294 e. The molecule has 2 aromatic carbocycles. The summed E-state index contributed by atoms with van der Waals surface area (Å²) in [6.45, 7) is 3.93. The fraction of sp³-hybridized carbons (Fsp3) is 0.200. The summed E-state index contributed by atoms with van der Waals surface area (Å²) in [6.07, 6.45) is 0.290. The predicted octanol–water partition coefficient (Wildman–Crippen LogP) is 2.94. The molecule has 0 radical (unpaired) electrons. The molecule has 1 amide bonds. The summed E-state index contributed by atoms with van der Waals surface area (Å²) >= 11 is 6.92. The molecular formula is C20H20ClN5O2S. The number of halogens is 1. The smallest absolute Gasteiger partial charge is 0.294 e. The molecule has 1 heterocycles. The lowest BCUT2D eigenvalue weighted by molar-refractivity contribution is -0.113. The molecule has 150 valence electrons. The summed E-state index contributed by atoms with van der Waals surface area (Å²) in [5.74, 6) is 5.70. The number of hydrogen-bond donors (Lipinski definition) is 2. The average molecular weight is 430 g/mol. The highest BCUT2D eigenvalue weighted by Crippen LogP contribution is 2.16. The molecule has 0 spiro atoms. The molecule has 0 unspecified atom stereocenters. The number of nitrogen functional groups attached to an aromatic ring is 1. The molecule has 1 aromatic heterocycles. The summed E-state index contributed by atoms with van der Waals surface area (Å²) in [5, 5.41) is 11.6. The van der Waals surface area contributed by atoms with Crippen LogP contribution in [0.2, 0.25) is 5.02 Å². The average Bonchev–Trinajstić information content (AvgIpc) is 2.66. The quantitative estimate of drug-likeness (QED) is 0.461. The summed E-state index contributed by atoms with van der Waals surface area (Å²) in [6, 6.07) is 12.9. The zero-order chi connectivity index (χ0) is 21.0. The Kier molecular flexibility index (Phi) is 6.56. The van der Waals surface area contributed by atoms with E-state index in [4.69, 9.17) is 17.4 Å². The second-order valence-electron chi connectivity index (χ2n) is 6.62. The Morgan fingerprint density at radius 1 is 1.14 bits per heavy atom. The van der Waals surface area contributed by atoms with Crippen LogP contribution in [0.25, 0.3) is 0 Å². The van der Waals surface area contributed by atoms with Gasteiger partial charge in [0.15, 0.2) is 0 Å². The SMILES string of the molecule is Cc1cc(C)cc(NC(=O)CSc2nnc(Cc3ccc(Cl)cc3)c(=O)n2N)c1. The second kappa shape index (κ2) is 9.11. The number of nitrogens with one attached hydrogen (secondary N) is 1. The molecule has 9 heteroatoms. The number of hydrogen-bond acceptors (Lipinski definition) is 6. The predicted molar refractivity (Wildman–Crippen MR) is 116 cm³/mol. The van der Waals surface area contributed by atoms with Gasteiger partial charge in [0.1, 0.15) is 5.69 Å². The first-order valence-electron chi connectivity index (χ1n) is 8.81. The third kappa shape index (κ3) is 5.58. The van der Waals surface area contributed by atoms with E-state index in [0.29, 0.717) is 11.4 Å². The van der Waals surface area contributed by atoms with Crippen LogP contribution in [-0.2, 0) is 11.2 Å². The molecule has 7 nitrogen and oxygen atoms in total. The number of aromatic nitrogens is 3. The van der Waals surface area contributed by atoms with Crippen molar-refractivity contribution in [1.82, 2.24) is 14.9 Å². The molecule has 0 bridgehead atoms. The number of anilines is 1. The maximum atomic E-state index is 12.5. The van der Waals surface area contributed by atoms with Crippen molar-refractivity contribution >= 4 is 35.0 Å². The first-order chi connectivity index (χ1) is 13.8. The van der Waals surface area contributed by atoms with Crippen molar-refractivity contribution in [2.24, 2.45) is 0 Å². The highest BCUT2D eigenvalue weighted by Gasteiger charge is 2.13. The molecular weight excluding hydrogens is 410 g/mol. The van der Waals surface area contributed by atoms with Crippen molar-refractivity contribution in [3.63, 3.8) is 0 Å². The lowest BCUT2D eigenvalue weighted by atomic mass is 10.1. The number of carbonyl (C=O) groups is 1. The van der Waals surface area contributed by atoms with Crippen LogP contribution in [0.1, 0.15) is 22.4 Å². The fourth-order valence-corrected chi connectivity index (χ4v) is 3.58. The van der Waals surface area contributed by atoms with Crippen LogP contribution in [0, 0.1) is 13.8 Å². The van der Waals surface area contributed by atoms with Gasteiger partial charge in [-0.05, 0) is 54.8 Å². The zero-order valence-corrected chi connectivity index (χ0v) is 17.5. The van der Waals surface area contributed by atoms with Crippen LogP contribution in [0.4, 0.5) is 5.69 Å². The van der Waals surface area contributed by atoms with E-state index >= 15 is 0 Å². The molecule has 3 aromatic rings. The van der Waals surface area contributed by atoms with Crippen molar-refractivity contribution < 1.29 is 4.79 Å². The van der Waals surface area contributed by atoms with E-state index in [-0.39, 0.29) is 22.5 Å². The molecule has 0 aliphatic heterocycles. The third-order valence-electron chi connectivity index (χ3n) is 4.05. The Morgan fingerprint density at radius 3 is 2.45 bits per heavy atom. The molecule has 0 aliphatic carbocycles. The van der Waals surface area contributed by atoms with E-state index in [2.05, 4.69) is 15.5 Å². The van der Waals surface area contributed by atoms with Crippen molar-refractivity contribution in [2.45, 2.75) is 25.4 Å². The van der Waals surface area contributed by atoms with Crippen LogP contribution in [-0.4, -0.2) is 26.5 Å². The van der Waals surface area contributed by atoms with Crippen LogP contribution in [0.3, 0.4) is 0 Å². The fourth-order valence-electron chi connectivity index (χ4n) is 2.80. The van der Waals surface area contributed by atoms with Gasteiger partial charge in [-0.1, -0.05) is 41.6 Å². The molecule has 0 saturated carbocycles. The minimum atomic E-state index is -0.452. The Balaban J connectivity index is 1.65. The number of amides is 1. The normalized spacial score (nSPS) is 10.7. The third-order valence-corrected chi connectivity index (χ3v) is 5.25. The van der Waals surface area contributed by atoms with E-state index < -0.39 is 5.56 Å². The molecule has 3 rings (SSSR count). The van der Waals surface area contributed by atoms with Gasteiger partial charge in [-0.2, -0.15) is 4.68 Å². The number of nitrogens with two attached hydrogens (primary N) is 1. The minimum Gasteiger partial charge on any atom is -0.334 e. The topological polar surface area (TPSA) is 103 Å². The number of nitrogens with zero attached hydrogens (tertiary/aromatic N) is 3. The Bertz CT molecular complexity index is 1080. The van der Waals surface area contributed by atoms with Gasteiger partial charge >= 0.3 is 0 Å². The molecule has 29 heavy (non-hydrogen) atoms. The van der Waals surface area contributed by atoms with Crippen LogP contribution < -0.4 is 16.7 Å². The van der Waals surface area contributed by atoms with E-state index in [9.17, 15) is 9.59 Å². The van der Waals surface area contributed by atoms with Gasteiger partial charge in [0.05, 0.1) is 5.75 Å². The van der Waals surface area contributed by atoms with Gasteiger partial charge in [0.2, 0.25) is 11.1 Å². The molecule has 0 saturated heterocycles. The summed E-state index contributed by atoms with van der Waals surface area (Å²) in [7, 11) is 0. The van der Waals surface area contributed by atoms with E-state index in [0.717, 1.165) is 38.8 Å². The Labute approximate surface area is 177 Å². The molecule has 0 atom stereocenters. The summed E-state index contributed by atoms with van der Waals surface area (Å²) in [5.41, 5.74) is 3.49. The van der Waals surface area contributed by atoms with E-state index in [1.165, 1.54) is 0 Å².